The molecule has 0 bridgehead atoms. The van der Waals surface area contributed by atoms with Gasteiger partial charge in [-0.3, -0.25) is 4.98 Å². The van der Waals surface area contributed by atoms with Crippen LogP contribution >= 0.6 is 11.3 Å². The average molecular weight is 272 g/mol. The minimum absolute atomic E-state index is 0.351. The minimum atomic E-state index is 0.351. The summed E-state index contributed by atoms with van der Waals surface area (Å²) in [5.74, 6) is 0. The van der Waals surface area contributed by atoms with E-state index in [1.807, 2.05) is 6.20 Å². The Labute approximate surface area is 118 Å². The van der Waals surface area contributed by atoms with Crippen molar-refractivity contribution >= 4 is 21.6 Å². The Balaban J connectivity index is 1.95. The number of hydrogen-bond donors (Lipinski definition) is 1. The maximum absolute atomic E-state index is 4.58. The summed E-state index contributed by atoms with van der Waals surface area (Å²) in [6.45, 7) is 3.16. The first-order chi connectivity index (χ1) is 9.38. The van der Waals surface area contributed by atoms with Gasteiger partial charge in [-0.05, 0) is 55.3 Å². The number of aromatic nitrogens is 1. The Hall–Kier alpha value is -1.19. The van der Waals surface area contributed by atoms with Gasteiger partial charge in [0.1, 0.15) is 0 Å². The molecule has 1 N–H and O–H groups in total. The van der Waals surface area contributed by atoms with Gasteiger partial charge in [0.2, 0.25) is 0 Å². The van der Waals surface area contributed by atoms with Crippen LogP contribution in [-0.2, 0) is 0 Å². The molecule has 0 saturated carbocycles. The van der Waals surface area contributed by atoms with Gasteiger partial charge in [0.15, 0.2) is 0 Å². The minimum Gasteiger partial charge on any atom is -0.307 e. The molecular formula is C16H20N2S. The molecule has 1 atom stereocenters. The lowest BCUT2D eigenvalue weighted by atomic mass is 9.90. The van der Waals surface area contributed by atoms with Crippen molar-refractivity contribution in [2.24, 2.45) is 0 Å². The van der Waals surface area contributed by atoms with E-state index in [2.05, 4.69) is 40.8 Å². The summed E-state index contributed by atoms with van der Waals surface area (Å²) in [5.41, 5.74) is 3.97. The fraction of sp³-hybridized carbons (Fsp3) is 0.438. The molecule has 2 heterocycles. The quantitative estimate of drug-likeness (QED) is 0.832. The van der Waals surface area contributed by atoms with E-state index in [-0.39, 0.29) is 0 Å². The lowest BCUT2D eigenvalue weighted by Gasteiger charge is -2.24. The third-order valence-corrected chi connectivity index (χ3v) is 4.62. The van der Waals surface area contributed by atoms with Crippen molar-refractivity contribution in [1.29, 1.82) is 0 Å². The molecular weight excluding hydrogens is 252 g/mol. The topological polar surface area (TPSA) is 24.9 Å². The number of nitrogens with zero attached hydrogens (tertiary/aromatic N) is 1. The third kappa shape index (κ3) is 2.72. The fourth-order valence-corrected chi connectivity index (χ4v) is 3.60. The third-order valence-electron chi connectivity index (χ3n) is 3.76. The maximum Gasteiger partial charge on any atom is 0.0809 e. The molecule has 0 amide bonds. The van der Waals surface area contributed by atoms with Crippen molar-refractivity contribution in [3.63, 3.8) is 0 Å². The van der Waals surface area contributed by atoms with E-state index in [0.717, 1.165) is 12.1 Å². The number of hydrogen-bond acceptors (Lipinski definition) is 3. The monoisotopic (exact) mass is 272 g/mol. The lowest BCUT2D eigenvalue weighted by Crippen LogP contribution is -2.23. The smallest absolute Gasteiger partial charge is 0.0809 e. The average Bonchev–Trinajstić information content (AvgIpc) is 2.93. The van der Waals surface area contributed by atoms with Crippen molar-refractivity contribution in [3.05, 3.63) is 40.9 Å². The number of allylic oxidation sites excluding steroid dienone is 1. The van der Waals surface area contributed by atoms with Gasteiger partial charge in [-0.1, -0.05) is 18.6 Å². The molecule has 2 aromatic rings. The molecule has 1 aliphatic rings. The fourth-order valence-electron chi connectivity index (χ4n) is 2.81. The summed E-state index contributed by atoms with van der Waals surface area (Å²) < 4.78 is 1.29. The van der Waals surface area contributed by atoms with Gasteiger partial charge in [-0.25, -0.2) is 0 Å². The van der Waals surface area contributed by atoms with Crippen LogP contribution < -0.4 is 5.32 Å². The first-order valence-electron chi connectivity index (χ1n) is 7.14. The van der Waals surface area contributed by atoms with E-state index in [9.17, 15) is 0 Å². The molecule has 2 aromatic heterocycles. The molecule has 0 fully saturated rings. The van der Waals surface area contributed by atoms with E-state index in [1.54, 1.807) is 16.9 Å². The molecule has 2 nitrogen and oxygen atoms in total. The first kappa shape index (κ1) is 12.8. The number of rotatable bonds is 4. The predicted molar refractivity (Wildman–Crippen MR) is 82.6 cm³/mol. The molecule has 0 aromatic carbocycles. The number of nitrogens with one attached hydrogen (secondary N) is 1. The van der Waals surface area contributed by atoms with Crippen LogP contribution in [0.1, 0.15) is 44.2 Å². The maximum atomic E-state index is 4.58. The summed E-state index contributed by atoms with van der Waals surface area (Å²) in [7, 11) is 0. The van der Waals surface area contributed by atoms with Gasteiger partial charge in [-0.15, -0.1) is 11.3 Å². The van der Waals surface area contributed by atoms with Crippen LogP contribution in [0.15, 0.2) is 35.4 Å². The van der Waals surface area contributed by atoms with E-state index < -0.39 is 0 Å². The van der Waals surface area contributed by atoms with E-state index in [4.69, 9.17) is 0 Å². The highest BCUT2D eigenvalue weighted by Crippen LogP contribution is 2.31. The second-order valence-electron chi connectivity index (χ2n) is 5.09. The number of fused-ring (bicyclic) bond motifs is 1. The molecule has 1 unspecified atom stereocenters. The van der Waals surface area contributed by atoms with Crippen LogP contribution in [0.4, 0.5) is 0 Å². The van der Waals surface area contributed by atoms with Gasteiger partial charge in [0, 0.05) is 6.20 Å². The van der Waals surface area contributed by atoms with Crippen LogP contribution in [0.5, 0.6) is 0 Å². The molecule has 19 heavy (non-hydrogen) atoms. The van der Waals surface area contributed by atoms with Gasteiger partial charge >= 0.3 is 0 Å². The van der Waals surface area contributed by atoms with Crippen LogP contribution in [0.25, 0.3) is 10.2 Å². The van der Waals surface area contributed by atoms with Gasteiger partial charge in [0.25, 0.3) is 0 Å². The largest absolute Gasteiger partial charge is 0.307 e. The van der Waals surface area contributed by atoms with Crippen LogP contribution in [0.3, 0.4) is 0 Å². The molecule has 3 heteroatoms. The van der Waals surface area contributed by atoms with E-state index in [1.165, 1.54) is 35.9 Å². The highest BCUT2D eigenvalue weighted by atomic mass is 32.1. The highest BCUT2D eigenvalue weighted by molar-refractivity contribution is 7.17. The summed E-state index contributed by atoms with van der Waals surface area (Å²) >= 11 is 1.77. The first-order valence-corrected chi connectivity index (χ1v) is 8.02. The van der Waals surface area contributed by atoms with Crippen molar-refractivity contribution in [2.75, 3.05) is 6.54 Å². The van der Waals surface area contributed by atoms with Crippen LogP contribution in [0, 0.1) is 0 Å². The zero-order valence-corrected chi connectivity index (χ0v) is 12.2. The van der Waals surface area contributed by atoms with E-state index in [0.29, 0.717) is 6.04 Å². The molecule has 0 saturated heterocycles. The predicted octanol–water partition coefficient (Wildman–Crippen LogP) is 4.45. The van der Waals surface area contributed by atoms with Gasteiger partial charge in [-0.2, -0.15) is 0 Å². The summed E-state index contributed by atoms with van der Waals surface area (Å²) in [6, 6.07) is 4.74. The molecule has 0 spiro atoms. The summed E-state index contributed by atoms with van der Waals surface area (Å²) in [6.07, 6.45) is 9.58. The van der Waals surface area contributed by atoms with Crippen molar-refractivity contribution in [1.82, 2.24) is 10.3 Å². The Bertz CT molecular complexity index is 585. The summed E-state index contributed by atoms with van der Waals surface area (Å²) in [4.78, 5) is 4.58. The van der Waals surface area contributed by atoms with Gasteiger partial charge < -0.3 is 5.32 Å². The van der Waals surface area contributed by atoms with Crippen molar-refractivity contribution in [3.8, 4) is 0 Å². The molecule has 1 aliphatic carbocycles. The molecule has 3 rings (SSSR count). The number of pyridine rings is 1. The van der Waals surface area contributed by atoms with Gasteiger partial charge in [0.05, 0.1) is 16.3 Å². The number of likely N-dealkylation sites (N-methyl/N-ethyl adjacent to an activating group) is 1. The standard InChI is InChI=1S/C16H20N2S/c1-2-17-16(12-6-4-3-5-7-12)13-10-15-14(18-11-13)8-9-19-15/h6,8-11,16-17H,2-5,7H2,1H3. The normalized spacial score (nSPS) is 17.4. The SMILES string of the molecule is CCNC(C1=CCCCC1)c1cnc2ccsc2c1. The number of thiophene rings is 1. The molecule has 0 aliphatic heterocycles. The van der Waals surface area contributed by atoms with E-state index >= 15 is 0 Å². The lowest BCUT2D eigenvalue weighted by molar-refractivity contribution is 0.563. The zero-order chi connectivity index (χ0) is 13.1. The molecule has 0 radical (unpaired) electrons. The summed E-state index contributed by atoms with van der Waals surface area (Å²) in [5, 5.41) is 5.74. The zero-order valence-electron chi connectivity index (χ0n) is 11.4. The Morgan fingerprint density at radius 3 is 3.16 bits per heavy atom. The Morgan fingerprint density at radius 1 is 1.42 bits per heavy atom. The second-order valence-corrected chi connectivity index (χ2v) is 6.04. The Morgan fingerprint density at radius 2 is 2.37 bits per heavy atom. The molecule has 100 valence electrons. The van der Waals surface area contributed by atoms with Crippen LogP contribution in [0.2, 0.25) is 0 Å². The Kier molecular flexibility index (Phi) is 3.95. The van der Waals surface area contributed by atoms with Crippen molar-refractivity contribution < 1.29 is 0 Å². The van der Waals surface area contributed by atoms with Crippen molar-refractivity contribution in [2.45, 2.75) is 38.6 Å². The highest BCUT2D eigenvalue weighted by Gasteiger charge is 2.18. The second kappa shape index (κ2) is 5.85. The van der Waals surface area contributed by atoms with Crippen LogP contribution in [-0.4, -0.2) is 11.5 Å².